The quantitative estimate of drug-likeness (QED) is 0.172. The predicted octanol–water partition coefficient (Wildman–Crippen LogP) is 13.0. The Hall–Kier alpha value is -8.35. The Kier molecular flexibility index (Phi) is 7.78. The average Bonchev–Trinajstić information content (AvgIpc) is 3.88. The maximum atomic E-state index is 6.79. The van der Waals surface area contributed by atoms with Gasteiger partial charge in [-0.1, -0.05) is 182 Å². The molecule has 0 amide bonds. The van der Waals surface area contributed by atoms with Crippen molar-refractivity contribution in [2.45, 2.75) is 11.8 Å². The highest BCUT2D eigenvalue weighted by Gasteiger charge is 2.52. The summed E-state index contributed by atoms with van der Waals surface area (Å²) in [5.74, 6) is 4.13. The van der Waals surface area contributed by atoms with Crippen LogP contribution in [-0.2, 0) is 11.8 Å². The molecule has 2 aliphatic carbocycles. The SMILES string of the molecule is c1ccc(-c2nc(-c3ccccc3)nc(-c3cccc4c3C3(c5ccccc5Oc5ccccc53)c3cc(-c5nc6c(c(-c7ccccc7)n5)-c5ccccc5C6)ccc3-4)n2)cc1. The minimum Gasteiger partial charge on any atom is -0.457 e. The van der Waals surface area contributed by atoms with Crippen LogP contribution in [0.5, 0.6) is 11.5 Å². The summed E-state index contributed by atoms with van der Waals surface area (Å²) in [5, 5.41) is 0. The van der Waals surface area contributed by atoms with Crippen molar-refractivity contribution in [3.63, 3.8) is 0 Å². The molecule has 0 unspecified atom stereocenters. The summed E-state index contributed by atoms with van der Waals surface area (Å²) in [4.78, 5) is 26.5. The highest BCUT2D eigenvalue weighted by atomic mass is 16.5. The van der Waals surface area contributed by atoms with Crippen molar-refractivity contribution in [3.05, 3.63) is 234 Å². The van der Waals surface area contributed by atoms with Gasteiger partial charge in [0.2, 0.25) is 0 Å². The van der Waals surface area contributed by atoms with E-state index in [-0.39, 0.29) is 0 Å². The third-order valence-corrected chi connectivity index (χ3v) is 12.8. The van der Waals surface area contributed by atoms with Gasteiger partial charge < -0.3 is 4.74 Å². The Bertz CT molecular complexity index is 3360. The second-order valence-corrected chi connectivity index (χ2v) is 16.3. The van der Waals surface area contributed by atoms with Crippen molar-refractivity contribution < 1.29 is 4.74 Å². The Morgan fingerprint density at radius 1 is 0.365 bits per heavy atom. The first-order valence-electron chi connectivity index (χ1n) is 21.3. The van der Waals surface area contributed by atoms with E-state index >= 15 is 0 Å². The van der Waals surface area contributed by atoms with Crippen molar-refractivity contribution in [3.8, 4) is 90.6 Å². The lowest BCUT2D eigenvalue weighted by Gasteiger charge is -2.40. The Morgan fingerprint density at radius 3 is 1.59 bits per heavy atom. The summed E-state index contributed by atoms with van der Waals surface area (Å²) in [5.41, 5.74) is 16.1. The van der Waals surface area contributed by atoms with Gasteiger partial charge in [0.05, 0.1) is 16.8 Å². The van der Waals surface area contributed by atoms with Crippen LogP contribution in [0.1, 0.15) is 33.5 Å². The van der Waals surface area contributed by atoms with E-state index in [1.165, 1.54) is 11.1 Å². The van der Waals surface area contributed by atoms with Gasteiger partial charge in [0.1, 0.15) is 11.5 Å². The molecule has 0 fully saturated rings. The molecule has 0 saturated heterocycles. The molecule has 294 valence electrons. The second kappa shape index (κ2) is 13.8. The molecular weight excluding hydrogens is 771 g/mol. The minimum absolute atomic E-state index is 0.599. The highest BCUT2D eigenvalue weighted by molar-refractivity contribution is 5.95. The van der Waals surface area contributed by atoms with E-state index in [0.717, 1.165) is 96.1 Å². The van der Waals surface area contributed by atoms with E-state index in [9.17, 15) is 0 Å². The Balaban J connectivity index is 1.09. The summed E-state index contributed by atoms with van der Waals surface area (Å²) < 4.78 is 6.79. The van der Waals surface area contributed by atoms with Gasteiger partial charge in [0, 0.05) is 50.9 Å². The van der Waals surface area contributed by atoms with Gasteiger partial charge in [0.25, 0.3) is 0 Å². The molecule has 0 bridgehead atoms. The highest BCUT2D eigenvalue weighted by Crippen LogP contribution is 2.64. The first kappa shape index (κ1) is 35.4. The molecule has 3 aliphatic rings. The number of aromatic nitrogens is 5. The number of nitrogens with zero attached hydrogens (tertiary/aromatic N) is 5. The number of fused-ring (bicyclic) bond motifs is 12. The molecule has 3 heterocycles. The summed E-state index contributed by atoms with van der Waals surface area (Å²) in [6.45, 7) is 0. The van der Waals surface area contributed by atoms with Crippen LogP contribution < -0.4 is 4.74 Å². The van der Waals surface area contributed by atoms with Gasteiger partial charge >= 0.3 is 0 Å². The van der Waals surface area contributed by atoms with Gasteiger partial charge in [-0.15, -0.1) is 0 Å². The van der Waals surface area contributed by atoms with E-state index in [0.29, 0.717) is 23.3 Å². The summed E-state index contributed by atoms with van der Waals surface area (Å²) in [6, 6.07) is 69.6. The summed E-state index contributed by atoms with van der Waals surface area (Å²) in [7, 11) is 0. The van der Waals surface area contributed by atoms with Crippen LogP contribution in [0.3, 0.4) is 0 Å². The van der Waals surface area contributed by atoms with Gasteiger partial charge in [-0.3, -0.25) is 0 Å². The third-order valence-electron chi connectivity index (χ3n) is 12.8. The first-order valence-corrected chi connectivity index (χ1v) is 21.3. The molecule has 6 heteroatoms. The lowest BCUT2D eigenvalue weighted by molar-refractivity contribution is 0.436. The fourth-order valence-corrected chi connectivity index (χ4v) is 10.2. The topological polar surface area (TPSA) is 73.7 Å². The fraction of sp³-hybridized carbons (Fsp3) is 0.0351. The molecular formula is C57H35N5O. The molecule has 1 spiro atoms. The van der Waals surface area contributed by atoms with Crippen LogP contribution in [0, 0.1) is 0 Å². The van der Waals surface area contributed by atoms with Crippen LogP contribution >= 0.6 is 0 Å². The van der Waals surface area contributed by atoms with Crippen molar-refractivity contribution in [2.24, 2.45) is 0 Å². The summed E-state index contributed by atoms with van der Waals surface area (Å²) >= 11 is 0. The maximum absolute atomic E-state index is 6.79. The number of ether oxygens (including phenoxy) is 1. The Morgan fingerprint density at radius 2 is 0.905 bits per heavy atom. The van der Waals surface area contributed by atoms with Crippen LogP contribution in [0.15, 0.2) is 200 Å². The summed E-state index contributed by atoms with van der Waals surface area (Å²) in [6.07, 6.45) is 0.754. The Labute approximate surface area is 364 Å². The molecule has 0 atom stereocenters. The van der Waals surface area contributed by atoms with E-state index in [4.69, 9.17) is 29.7 Å². The monoisotopic (exact) mass is 805 g/mol. The predicted molar refractivity (Wildman–Crippen MR) is 248 cm³/mol. The molecule has 0 N–H and O–H groups in total. The van der Waals surface area contributed by atoms with Crippen LogP contribution in [0.2, 0.25) is 0 Å². The van der Waals surface area contributed by atoms with E-state index in [2.05, 4.69) is 152 Å². The van der Waals surface area contributed by atoms with E-state index in [1.807, 2.05) is 48.5 Å². The smallest absolute Gasteiger partial charge is 0.164 e. The number of hydrogen-bond donors (Lipinski definition) is 0. The van der Waals surface area contributed by atoms with Gasteiger partial charge in [-0.05, 0) is 51.6 Å². The zero-order valence-electron chi connectivity index (χ0n) is 33.9. The van der Waals surface area contributed by atoms with E-state index in [1.54, 1.807) is 0 Å². The average molecular weight is 806 g/mol. The lowest BCUT2D eigenvalue weighted by Crippen LogP contribution is -2.32. The first-order chi connectivity index (χ1) is 31.2. The number of hydrogen-bond acceptors (Lipinski definition) is 6. The number of benzene rings is 8. The standard InChI is InChI=1S/C57H35N5O/c1-4-17-35(18-5-1)52-50-40-24-11-10-23-38(40)34-47(50)58-55(59-52)39-31-32-41-42-25-16-26-43(56-61-53(36-19-6-2-7-20-36)60-54(62-56)37-21-8-3-9-22-37)51(42)57(46(41)33-39)44-27-12-14-29-48(44)63-49-30-15-13-28-45(49)57/h1-33H,34H2. The molecule has 63 heavy (non-hydrogen) atoms. The lowest BCUT2D eigenvalue weighted by atomic mass is 9.65. The molecule has 10 aromatic rings. The van der Waals surface area contributed by atoms with Crippen LogP contribution in [0.25, 0.3) is 79.1 Å². The molecule has 2 aromatic heterocycles. The molecule has 1 aliphatic heterocycles. The van der Waals surface area contributed by atoms with Crippen LogP contribution in [0.4, 0.5) is 0 Å². The minimum atomic E-state index is -0.829. The van der Waals surface area contributed by atoms with Crippen molar-refractivity contribution in [2.75, 3.05) is 0 Å². The van der Waals surface area contributed by atoms with Crippen molar-refractivity contribution in [1.29, 1.82) is 0 Å². The van der Waals surface area contributed by atoms with Gasteiger partial charge in [-0.2, -0.15) is 0 Å². The zero-order valence-corrected chi connectivity index (χ0v) is 33.9. The maximum Gasteiger partial charge on any atom is 0.164 e. The number of rotatable bonds is 5. The fourth-order valence-electron chi connectivity index (χ4n) is 10.2. The van der Waals surface area contributed by atoms with Crippen LogP contribution in [-0.4, -0.2) is 24.9 Å². The number of para-hydroxylation sites is 2. The molecule has 13 rings (SSSR count). The van der Waals surface area contributed by atoms with Gasteiger partial charge in [-0.25, -0.2) is 24.9 Å². The van der Waals surface area contributed by atoms with E-state index < -0.39 is 5.41 Å². The van der Waals surface area contributed by atoms with Gasteiger partial charge in [0.15, 0.2) is 23.3 Å². The van der Waals surface area contributed by atoms with Crippen molar-refractivity contribution in [1.82, 2.24) is 24.9 Å². The zero-order chi connectivity index (χ0) is 41.5. The second-order valence-electron chi connectivity index (χ2n) is 16.3. The molecule has 8 aromatic carbocycles. The molecule has 6 nitrogen and oxygen atoms in total. The molecule has 0 saturated carbocycles. The van der Waals surface area contributed by atoms with Crippen molar-refractivity contribution >= 4 is 0 Å². The largest absolute Gasteiger partial charge is 0.457 e. The normalized spacial score (nSPS) is 13.3. The third kappa shape index (κ3) is 5.34. The molecule has 0 radical (unpaired) electrons.